The van der Waals surface area contributed by atoms with Gasteiger partial charge in [-0.15, -0.1) is 5.10 Å². The van der Waals surface area contributed by atoms with E-state index in [0.717, 1.165) is 34.4 Å². The third-order valence-corrected chi connectivity index (χ3v) is 9.79. The summed E-state index contributed by atoms with van der Waals surface area (Å²) in [6.07, 6.45) is 8.05. The van der Waals surface area contributed by atoms with Gasteiger partial charge in [0.1, 0.15) is 23.5 Å². The Morgan fingerprint density at radius 3 is 1.78 bits per heavy atom. The average Bonchev–Trinajstić information content (AvgIpc) is 3.76. The molecular weight excluding hydrogens is 731 g/mol. The van der Waals surface area contributed by atoms with Crippen LogP contribution in [0.4, 0.5) is 23.3 Å². The fourth-order valence-corrected chi connectivity index (χ4v) is 7.22. The lowest BCUT2D eigenvalue weighted by Gasteiger charge is -2.34. The molecule has 8 rings (SSSR count). The predicted octanol–water partition coefficient (Wildman–Crippen LogP) is 4.19. The second-order valence-corrected chi connectivity index (χ2v) is 18.7. The summed E-state index contributed by atoms with van der Waals surface area (Å²) in [4.78, 5) is 27.2. The topological polar surface area (TPSA) is 184 Å². The molecular formula is C35H43N13O4S2. The maximum Gasteiger partial charge on any atom is 0.256 e. The number of ether oxygens (including phenoxy) is 2. The van der Waals surface area contributed by atoms with Gasteiger partial charge in [0.25, 0.3) is 5.95 Å². The van der Waals surface area contributed by atoms with Crippen LogP contribution in [0.5, 0.6) is 0 Å². The van der Waals surface area contributed by atoms with Crippen LogP contribution < -0.4 is 9.80 Å². The number of aromatic nitrogens is 9. The van der Waals surface area contributed by atoms with Crippen LogP contribution in [0.25, 0.3) is 34.0 Å². The van der Waals surface area contributed by atoms with Gasteiger partial charge in [0.2, 0.25) is 5.95 Å². The Balaban J connectivity index is 0.000000167. The van der Waals surface area contributed by atoms with Crippen LogP contribution in [0.3, 0.4) is 0 Å². The second-order valence-electron chi connectivity index (χ2n) is 13.6. The number of benzene rings is 2. The average molecular weight is 774 g/mol. The molecule has 2 aromatic carbocycles. The molecule has 6 aromatic rings. The summed E-state index contributed by atoms with van der Waals surface area (Å²) in [6, 6.07) is 19.3. The first-order valence-corrected chi connectivity index (χ1v) is 22.0. The number of para-hydroxylation sites is 3. The van der Waals surface area contributed by atoms with Gasteiger partial charge in [0.05, 0.1) is 55.1 Å². The van der Waals surface area contributed by atoms with Gasteiger partial charge in [-0.2, -0.15) is 33.3 Å². The summed E-state index contributed by atoms with van der Waals surface area (Å²) in [5.74, 6) is 3.03. The Bertz CT molecular complexity index is 2370. The third-order valence-electron chi connectivity index (χ3n) is 8.54. The Morgan fingerprint density at radius 2 is 1.20 bits per heavy atom. The first-order valence-electron chi connectivity index (χ1n) is 17.4. The molecule has 6 heterocycles. The molecule has 2 aliphatic heterocycles. The van der Waals surface area contributed by atoms with E-state index < -0.39 is 19.5 Å². The maximum atomic E-state index is 12.2. The van der Waals surface area contributed by atoms with Crippen LogP contribution in [0.1, 0.15) is 13.8 Å². The number of fused-ring (bicyclic) bond motifs is 2. The van der Waals surface area contributed by atoms with E-state index in [2.05, 4.69) is 57.6 Å². The predicted molar refractivity (Wildman–Crippen MR) is 211 cm³/mol. The van der Waals surface area contributed by atoms with Crippen LogP contribution >= 0.6 is 0 Å². The molecule has 2 aliphatic rings. The van der Waals surface area contributed by atoms with Gasteiger partial charge in [-0.25, -0.2) is 13.4 Å². The van der Waals surface area contributed by atoms with Crippen molar-refractivity contribution in [2.45, 2.75) is 25.9 Å². The van der Waals surface area contributed by atoms with E-state index in [9.17, 15) is 8.42 Å². The molecule has 17 nitrogen and oxygen atoms in total. The van der Waals surface area contributed by atoms with Crippen molar-refractivity contribution in [2.24, 2.45) is 8.73 Å². The van der Waals surface area contributed by atoms with Gasteiger partial charge in [-0.3, -0.25) is 4.57 Å². The van der Waals surface area contributed by atoms with E-state index in [1.165, 1.54) is 0 Å². The van der Waals surface area contributed by atoms with Crippen LogP contribution in [0.2, 0.25) is 0 Å². The highest BCUT2D eigenvalue weighted by Crippen LogP contribution is 2.27. The highest BCUT2D eigenvalue weighted by Gasteiger charge is 2.24. The quantitative estimate of drug-likeness (QED) is 0.235. The van der Waals surface area contributed by atoms with Crippen molar-refractivity contribution in [3.63, 3.8) is 0 Å². The van der Waals surface area contributed by atoms with Crippen molar-refractivity contribution in [3.05, 3.63) is 67.0 Å². The van der Waals surface area contributed by atoms with Crippen molar-refractivity contribution < 1.29 is 17.9 Å². The van der Waals surface area contributed by atoms with Gasteiger partial charge < -0.3 is 19.3 Å². The first kappa shape index (κ1) is 37.2. The van der Waals surface area contributed by atoms with E-state index >= 15 is 0 Å². The molecule has 0 radical (unpaired) electrons. The Kier molecular flexibility index (Phi) is 10.6. The summed E-state index contributed by atoms with van der Waals surface area (Å²) >= 11 is 0. The molecule has 0 bridgehead atoms. The molecule has 0 unspecified atom stereocenters. The monoisotopic (exact) mass is 773 g/mol. The van der Waals surface area contributed by atoms with Gasteiger partial charge >= 0.3 is 0 Å². The van der Waals surface area contributed by atoms with E-state index in [4.69, 9.17) is 19.4 Å². The molecule has 0 N–H and O–H groups in total. The minimum absolute atomic E-state index is 0.162. The highest BCUT2D eigenvalue weighted by atomic mass is 32.2. The number of imidazole rings is 1. The zero-order valence-electron chi connectivity index (χ0n) is 31.0. The standard InChI is InChI=1S/C18H22N6O2S.C17H21N7O2S/c1-13-11-26-9-8-23(13)17-10-16(22-27(2,3)25)20-18(21-17)24-12-19-14-6-4-5-7-15(14)24;1-12-11-26-9-8-23(12)16-10-15(21-27(2,3)25)18-17(19-16)24-14-7-5-4-6-13(14)20-22-24/h4-7,10,12-13H,8-9,11H2,1-3H3;4-7,10,12H,8-9,11H2,1-3H3/t13-;12-/m11/s1. The van der Waals surface area contributed by atoms with Crippen molar-refractivity contribution in [1.29, 1.82) is 0 Å². The van der Waals surface area contributed by atoms with Crippen LogP contribution in [0.15, 0.2) is 75.7 Å². The lowest BCUT2D eigenvalue weighted by molar-refractivity contribution is 0.0985. The zero-order valence-corrected chi connectivity index (χ0v) is 32.6. The molecule has 0 spiro atoms. The summed E-state index contributed by atoms with van der Waals surface area (Å²) in [5, 5.41) is 8.36. The Hall–Kier alpha value is -5.11. The lowest BCUT2D eigenvalue weighted by atomic mass is 10.2. The van der Waals surface area contributed by atoms with Crippen molar-refractivity contribution in [2.75, 3.05) is 74.3 Å². The molecule has 0 aliphatic carbocycles. The molecule has 0 amide bonds. The second kappa shape index (κ2) is 15.3. The van der Waals surface area contributed by atoms with Gasteiger partial charge in [-0.05, 0) is 38.1 Å². The molecule has 19 heteroatoms. The number of hydrogen-bond donors (Lipinski definition) is 0. The van der Waals surface area contributed by atoms with Crippen LogP contribution in [-0.2, 0) is 28.9 Å². The van der Waals surface area contributed by atoms with E-state index in [-0.39, 0.29) is 12.1 Å². The van der Waals surface area contributed by atoms with Crippen molar-refractivity contribution >= 4 is 64.8 Å². The number of hydrogen-bond acceptors (Lipinski definition) is 15. The smallest absolute Gasteiger partial charge is 0.256 e. The van der Waals surface area contributed by atoms with Gasteiger partial charge in [0.15, 0.2) is 11.6 Å². The number of anilines is 2. The van der Waals surface area contributed by atoms with Crippen LogP contribution in [-0.4, -0.2) is 130 Å². The Morgan fingerprint density at radius 1 is 0.685 bits per heavy atom. The minimum Gasteiger partial charge on any atom is -0.377 e. The molecule has 0 saturated carbocycles. The van der Waals surface area contributed by atoms with E-state index in [1.54, 1.807) is 48.2 Å². The van der Waals surface area contributed by atoms with Crippen LogP contribution in [0, 0.1) is 0 Å². The van der Waals surface area contributed by atoms with E-state index in [0.29, 0.717) is 62.3 Å². The molecule has 284 valence electrons. The summed E-state index contributed by atoms with van der Waals surface area (Å²) in [7, 11) is -4.72. The van der Waals surface area contributed by atoms with E-state index in [1.807, 2.05) is 53.1 Å². The number of nitrogens with zero attached hydrogens (tertiary/aromatic N) is 13. The number of rotatable bonds is 6. The summed E-state index contributed by atoms with van der Waals surface area (Å²) in [6.45, 7) is 8.13. The molecule has 2 fully saturated rings. The molecule has 2 saturated heterocycles. The van der Waals surface area contributed by atoms with Crippen molar-refractivity contribution in [1.82, 2.24) is 44.5 Å². The Labute approximate surface area is 314 Å². The lowest BCUT2D eigenvalue weighted by Crippen LogP contribution is -2.44. The number of morpholine rings is 2. The third kappa shape index (κ3) is 8.64. The summed E-state index contributed by atoms with van der Waals surface area (Å²) in [5.41, 5.74) is 3.31. The summed E-state index contributed by atoms with van der Waals surface area (Å²) < 4.78 is 47.5. The zero-order chi connectivity index (χ0) is 38.0. The molecule has 2 atom stereocenters. The fourth-order valence-electron chi connectivity index (χ4n) is 6.13. The van der Waals surface area contributed by atoms with Gasteiger partial charge in [0, 0.05) is 69.7 Å². The molecule has 54 heavy (non-hydrogen) atoms. The molecule has 4 aromatic heterocycles. The normalized spacial score (nSPS) is 18.0. The fraction of sp³-hybridized carbons (Fsp3) is 0.400. The first-order chi connectivity index (χ1) is 25.8. The maximum absolute atomic E-state index is 12.2. The largest absolute Gasteiger partial charge is 0.377 e. The van der Waals surface area contributed by atoms with Crippen molar-refractivity contribution in [3.8, 4) is 11.9 Å². The minimum atomic E-state index is -2.37. The highest BCUT2D eigenvalue weighted by molar-refractivity contribution is 7.92. The SMILES string of the molecule is C[C@@H]1COCCN1c1cc(N=S(C)(C)=O)nc(-n2cnc3ccccc32)n1.C[C@@H]1COCCN1c1cc(N=S(C)(C)=O)nc(-n2nnc3ccccc32)n1. The van der Waals surface area contributed by atoms with Gasteiger partial charge in [-0.1, -0.05) is 29.5 Å².